The van der Waals surface area contributed by atoms with Crippen molar-refractivity contribution in [1.82, 2.24) is 4.90 Å². The number of nitro benzene ring substituents is 1. The molecule has 3 rings (SSSR count). The summed E-state index contributed by atoms with van der Waals surface area (Å²) in [6, 6.07) is 10.7. The maximum Gasteiger partial charge on any atom is 0.411 e. The zero-order chi connectivity index (χ0) is 25.4. The van der Waals surface area contributed by atoms with Crippen LogP contribution in [0, 0.1) is 10.1 Å². The normalized spacial score (nSPS) is 13.2. The number of carbonyl (C=O) groups is 3. The van der Waals surface area contributed by atoms with Crippen LogP contribution in [-0.2, 0) is 14.3 Å². The zero-order valence-corrected chi connectivity index (χ0v) is 19.5. The fourth-order valence-electron chi connectivity index (χ4n) is 3.59. The monoisotopic (exact) mass is 485 g/mol. The van der Waals surface area contributed by atoms with Crippen LogP contribution < -0.4 is 15.5 Å². The third-order valence-corrected chi connectivity index (χ3v) is 5.39. The highest BCUT2D eigenvalue weighted by Crippen LogP contribution is 2.30. The van der Waals surface area contributed by atoms with E-state index in [0.717, 1.165) is 0 Å². The summed E-state index contributed by atoms with van der Waals surface area (Å²) >= 11 is 0. The van der Waals surface area contributed by atoms with E-state index in [4.69, 9.17) is 9.47 Å². The van der Waals surface area contributed by atoms with Crippen molar-refractivity contribution in [3.63, 3.8) is 0 Å². The van der Waals surface area contributed by atoms with Crippen molar-refractivity contribution >= 4 is 40.7 Å². The summed E-state index contributed by atoms with van der Waals surface area (Å²) in [5.74, 6) is -0.575. The highest BCUT2D eigenvalue weighted by Gasteiger charge is 2.26. The summed E-state index contributed by atoms with van der Waals surface area (Å²) in [7, 11) is 1.49. The molecule has 1 fully saturated rings. The number of carbonyl (C=O) groups excluding carboxylic acids is 3. The third kappa shape index (κ3) is 6.90. The molecule has 2 N–H and O–H groups in total. The Morgan fingerprint density at radius 3 is 2.31 bits per heavy atom. The smallest absolute Gasteiger partial charge is 0.411 e. The number of nitrogens with one attached hydrogen (secondary N) is 2. The summed E-state index contributed by atoms with van der Waals surface area (Å²) < 4.78 is 9.76. The van der Waals surface area contributed by atoms with Crippen molar-refractivity contribution in [1.29, 1.82) is 0 Å². The number of rotatable bonds is 8. The molecule has 2 aromatic carbocycles. The van der Waals surface area contributed by atoms with E-state index in [1.165, 1.54) is 32.2 Å². The lowest BCUT2D eigenvalue weighted by molar-refractivity contribution is -0.384. The molecule has 35 heavy (non-hydrogen) atoms. The minimum Gasteiger partial charge on any atom is -0.447 e. The number of hydrogen-bond donors (Lipinski definition) is 2. The lowest BCUT2D eigenvalue weighted by Crippen LogP contribution is -2.48. The Morgan fingerprint density at radius 2 is 1.69 bits per heavy atom. The standard InChI is InChI=1S/C23H27N5O7/c1-16(29)26-8-10-27(11-9-26)20-7-6-17(14-21(20)28(32)33)22(30)24-18-4-3-5-19(15-18)25-23(31)35-13-12-34-2/h3-7,14-15H,8-13H2,1-2H3,(H,24,30)(H,25,31). The fraction of sp³-hybridized carbons (Fsp3) is 0.348. The van der Waals surface area contributed by atoms with E-state index in [1.54, 1.807) is 29.2 Å². The Hall–Kier alpha value is -4.19. The molecule has 0 unspecified atom stereocenters. The predicted molar refractivity (Wildman–Crippen MR) is 129 cm³/mol. The maximum atomic E-state index is 12.8. The maximum absolute atomic E-state index is 12.8. The van der Waals surface area contributed by atoms with Gasteiger partial charge in [0, 0.05) is 63.2 Å². The predicted octanol–water partition coefficient (Wildman–Crippen LogP) is 2.71. The number of piperazine rings is 1. The van der Waals surface area contributed by atoms with Crippen LogP contribution >= 0.6 is 0 Å². The van der Waals surface area contributed by atoms with Crippen LogP contribution in [0.4, 0.5) is 27.5 Å². The van der Waals surface area contributed by atoms with Crippen LogP contribution in [-0.4, -0.2) is 74.2 Å². The van der Waals surface area contributed by atoms with Crippen LogP contribution in [0.15, 0.2) is 42.5 Å². The number of methoxy groups -OCH3 is 1. The molecular weight excluding hydrogens is 458 g/mol. The molecule has 12 nitrogen and oxygen atoms in total. The topological polar surface area (TPSA) is 143 Å². The highest BCUT2D eigenvalue weighted by molar-refractivity contribution is 6.05. The second kappa shape index (κ2) is 11.8. The molecule has 2 aromatic rings. The van der Waals surface area contributed by atoms with Gasteiger partial charge < -0.3 is 24.6 Å². The van der Waals surface area contributed by atoms with Gasteiger partial charge in [-0.25, -0.2) is 4.79 Å². The Kier molecular flexibility index (Phi) is 8.57. The number of nitro groups is 1. The second-order valence-corrected chi connectivity index (χ2v) is 7.74. The van der Waals surface area contributed by atoms with E-state index in [1.807, 2.05) is 4.90 Å². The lowest BCUT2D eigenvalue weighted by Gasteiger charge is -2.35. The first-order valence-electron chi connectivity index (χ1n) is 10.9. The average molecular weight is 485 g/mol. The largest absolute Gasteiger partial charge is 0.447 e. The van der Waals surface area contributed by atoms with Gasteiger partial charge in [0.2, 0.25) is 5.91 Å². The summed E-state index contributed by atoms with van der Waals surface area (Å²) in [4.78, 5) is 50.8. The Bertz CT molecular complexity index is 1100. The van der Waals surface area contributed by atoms with E-state index in [-0.39, 0.29) is 30.4 Å². The van der Waals surface area contributed by atoms with Crippen LogP contribution in [0.2, 0.25) is 0 Å². The van der Waals surface area contributed by atoms with Crippen molar-refractivity contribution in [2.24, 2.45) is 0 Å². The molecule has 0 bridgehead atoms. The molecule has 0 atom stereocenters. The summed E-state index contributed by atoms with van der Waals surface area (Å²) in [5.41, 5.74) is 1.10. The molecule has 0 radical (unpaired) electrons. The minimum absolute atomic E-state index is 0.0339. The number of nitrogens with zero attached hydrogens (tertiary/aromatic N) is 3. The molecule has 1 aliphatic rings. The van der Waals surface area contributed by atoms with Gasteiger partial charge in [-0.1, -0.05) is 6.07 Å². The summed E-state index contributed by atoms with van der Waals surface area (Å²) in [6.45, 7) is 3.71. The number of amides is 3. The fourth-order valence-corrected chi connectivity index (χ4v) is 3.59. The number of anilines is 3. The van der Waals surface area contributed by atoms with E-state index >= 15 is 0 Å². The molecule has 0 saturated carbocycles. The SMILES string of the molecule is COCCOC(=O)Nc1cccc(NC(=O)c2ccc(N3CCN(C(C)=O)CC3)c([N+](=O)[O-])c2)c1. The van der Waals surface area contributed by atoms with Crippen molar-refractivity contribution in [2.45, 2.75) is 6.92 Å². The van der Waals surface area contributed by atoms with Crippen LogP contribution in [0.3, 0.4) is 0 Å². The number of hydrogen-bond acceptors (Lipinski definition) is 8. The molecule has 0 spiro atoms. The summed E-state index contributed by atoms with van der Waals surface area (Å²) in [6.07, 6.45) is -0.666. The van der Waals surface area contributed by atoms with Gasteiger partial charge in [-0.15, -0.1) is 0 Å². The summed E-state index contributed by atoms with van der Waals surface area (Å²) in [5, 5.41) is 17.0. The first kappa shape index (κ1) is 25.4. The number of ether oxygens (including phenoxy) is 2. The van der Waals surface area contributed by atoms with Gasteiger partial charge in [0.15, 0.2) is 0 Å². The minimum atomic E-state index is -0.666. The quantitative estimate of drug-likeness (QED) is 0.330. The van der Waals surface area contributed by atoms with Crippen molar-refractivity contribution < 1.29 is 28.8 Å². The van der Waals surface area contributed by atoms with E-state index in [9.17, 15) is 24.5 Å². The first-order chi connectivity index (χ1) is 16.8. The van der Waals surface area contributed by atoms with Gasteiger partial charge in [-0.2, -0.15) is 0 Å². The lowest BCUT2D eigenvalue weighted by atomic mass is 10.1. The van der Waals surface area contributed by atoms with Gasteiger partial charge in [-0.05, 0) is 30.3 Å². The van der Waals surface area contributed by atoms with Crippen molar-refractivity contribution in [3.05, 3.63) is 58.1 Å². The molecule has 1 aliphatic heterocycles. The van der Waals surface area contributed by atoms with Gasteiger partial charge >= 0.3 is 6.09 Å². The van der Waals surface area contributed by atoms with Gasteiger partial charge in [0.05, 0.1) is 11.5 Å². The van der Waals surface area contributed by atoms with Gasteiger partial charge in [0.1, 0.15) is 12.3 Å². The van der Waals surface area contributed by atoms with Gasteiger partial charge in [-0.3, -0.25) is 25.0 Å². The Balaban J connectivity index is 1.69. The first-order valence-corrected chi connectivity index (χ1v) is 10.9. The Morgan fingerprint density at radius 1 is 1.00 bits per heavy atom. The van der Waals surface area contributed by atoms with Crippen LogP contribution in [0.5, 0.6) is 0 Å². The average Bonchev–Trinajstić information content (AvgIpc) is 2.84. The van der Waals surface area contributed by atoms with Crippen molar-refractivity contribution in [2.75, 3.05) is 62.0 Å². The Labute approximate surface area is 201 Å². The van der Waals surface area contributed by atoms with Crippen LogP contribution in [0.25, 0.3) is 0 Å². The third-order valence-electron chi connectivity index (χ3n) is 5.39. The molecule has 186 valence electrons. The van der Waals surface area contributed by atoms with Gasteiger partial charge in [0.25, 0.3) is 11.6 Å². The van der Waals surface area contributed by atoms with Crippen molar-refractivity contribution in [3.8, 4) is 0 Å². The zero-order valence-electron chi connectivity index (χ0n) is 19.5. The molecule has 1 saturated heterocycles. The highest BCUT2D eigenvalue weighted by atomic mass is 16.6. The van der Waals surface area contributed by atoms with E-state index in [2.05, 4.69) is 10.6 Å². The molecule has 1 heterocycles. The molecule has 0 aromatic heterocycles. The van der Waals surface area contributed by atoms with Crippen LogP contribution in [0.1, 0.15) is 17.3 Å². The van der Waals surface area contributed by atoms with E-state index in [0.29, 0.717) is 43.2 Å². The molecule has 0 aliphatic carbocycles. The second-order valence-electron chi connectivity index (χ2n) is 7.74. The van der Waals surface area contributed by atoms with E-state index < -0.39 is 16.9 Å². The molecular formula is C23H27N5O7. The number of benzene rings is 2. The molecule has 3 amide bonds. The molecule has 12 heteroatoms.